The second-order valence-electron chi connectivity index (χ2n) is 11.4. The zero-order valence-corrected chi connectivity index (χ0v) is 22.3. The fourth-order valence-corrected chi connectivity index (χ4v) is 8.68. The van der Waals surface area contributed by atoms with E-state index >= 15 is 0 Å². The molecule has 0 radical (unpaired) electrons. The Kier molecular flexibility index (Phi) is 5.33. The third-order valence-electron chi connectivity index (χ3n) is 9.29. The number of nitrogen functional groups attached to an aromatic ring is 1. The number of aromatic nitrogens is 5. The standard InChI is InChI=1S/C28H33N9S/c29-27-33-28(34-37(27)25-24-21-2-1-3-23(21)38-26(24)31-16-30-25)32-19-6-8-20(9-7-19)35-10-12-36(13-11-35)22-15-17-4-5-18(22)14-17/h6-9,16-18,22H,1-5,10-15H2,(H3,29,32,33,34). The van der Waals surface area contributed by atoms with Crippen LogP contribution in [0.4, 0.5) is 23.3 Å². The molecule has 38 heavy (non-hydrogen) atoms. The molecule has 2 bridgehead atoms. The molecule has 1 aromatic carbocycles. The molecule has 9 nitrogen and oxygen atoms in total. The Hall–Kier alpha value is -3.24. The third-order valence-corrected chi connectivity index (χ3v) is 10.5. The van der Waals surface area contributed by atoms with Crippen LogP contribution < -0.4 is 16.0 Å². The lowest BCUT2D eigenvalue weighted by Crippen LogP contribution is -2.51. The van der Waals surface area contributed by atoms with Crippen molar-refractivity contribution in [1.29, 1.82) is 0 Å². The van der Waals surface area contributed by atoms with E-state index in [9.17, 15) is 0 Å². The predicted molar refractivity (Wildman–Crippen MR) is 152 cm³/mol. The van der Waals surface area contributed by atoms with Gasteiger partial charge in [-0.3, -0.25) is 4.90 Å². The SMILES string of the molecule is Nc1nc(Nc2ccc(N3CCN(C4CC5CCC4C5)CC3)cc2)nn1-c1ncnc2sc3c(c12)CCC3. The maximum absolute atomic E-state index is 6.31. The predicted octanol–water partition coefficient (Wildman–Crippen LogP) is 4.40. The molecule has 3 fully saturated rings. The minimum Gasteiger partial charge on any atom is -0.369 e. The van der Waals surface area contributed by atoms with Gasteiger partial charge < -0.3 is 16.0 Å². The first kappa shape index (κ1) is 22.7. The van der Waals surface area contributed by atoms with Crippen molar-refractivity contribution in [3.63, 3.8) is 0 Å². The van der Waals surface area contributed by atoms with Gasteiger partial charge in [0.25, 0.3) is 0 Å². The summed E-state index contributed by atoms with van der Waals surface area (Å²) in [5, 5.41) is 9.07. The minimum absolute atomic E-state index is 0.315. The van der Waals surface area contributed by atoms with E-state index in [1.807, 2.05) is 0 Å². The van der Waals surface area contributed by atoms with Crippen LogP contribution in [0.15, 0.2) is 30.6 Å². The number of nitrogens with two attached hydrogens (primary N) is 1. The Morgan fingerprint density at radius 2 is 1.84 bits per heavy atom. The molecule has 4 aliphatic rings. The molecular weight excluding hydrogens is 494 g/mol. The lowest BCUT2D eigenvalue weighted by molar-refractivity contribution is 0.135. The summed E-state index contributed by atoms with van der Waals surface area (Å²) in [6.07, 6.45) is 10.8. The summed E-state index contributed by atoms with van der Waals surface area (Å²) in [4.78, 5) is 21.2. The van der Waals surface area contributed by atoms with Crippen LogP contribution in [0.25, 0.3) is 16.0 Å². The van der Waals surface area contributed by atoms with Crippen molar-refractivity contribution in [3.05, 3.63) is 41.0 Å². The molecule has 2 saturated carbocycles. The summed E-state index contributed by atoms with van der Waals surface area (Å²) >= 11 is 1.76. The average molecular weight is 528 g/mol. The number of fused-ring (bicyclic) bond motifs is 5. The van der Waals surface area contributed by atoms with E-state index in [4.69, 9.17) is 5.73 Å². The fraction of sp³-hybridized carbons (Fsp3) is 0.500. The number of anilines is 4. The van der Waals surface area contributed by atoms with Crippen LogP contribution in [0, 0.1) is 11.8 Å². The number of piperazine rings is 1. The quantitative estimate of drug-likeness (QED) is 0.394. The number of hydrogen-bond donors (Lipinski definition) is 2. The van der Waals surface area contributed by atoms with Gasteiger partial charge in [0.1, 0.15) is 11.2 Å². The lowest BCUT2D eigenvalue weighted by Gasteiger charge is -2.41. The molecule has 3 aliphatic carbocycles. The first-order valence-electron chi connectivity index (χ1n) is 14.0. The maximum Gasteiger partial charge on any atom is 0.248 e. The van der Waals surface area contributed by atoms with Gasteiger partial charge >= 0.3 is 0 Å². The van der Waals surface area contributed by atoms with Crippen LogP contribution in [0.5, 0.6) is 0 Å². The highest BCUT2D eigenvalue weighted by molar-refractivity contribution is 7.19. The van der Waals surface area contributed by atoms with Crippen molar-refractivity contribution < 1.29 is 0 Å². The Bertz CT molecular complexity index is 1480. The van der Waals surface area contributed by atoms with Gasteiger partial charge in [-0.05, 0) is 80.2 Å². The monoisotopic (exact) mass is 527 g/mol. The second kappa shape index (κ2) is 8.91. The van der Waals surface area contributed by atoms with E-state index in [0.29, 0.717) is 17.7 Å². The van der Waals surface area contributed by atoms with Gasteiger partial charge in [0.15, 0.2) is 5.82 Å². The van der Waals surface area contributed by atoms with E-state index in [1.165, 1.54) is 61.3 Å². The van der Waals surface area contributed by atoms with Crippen LogP contribution in [0.2, 0.25) is 0 Å². The Morgan fingerprint density at radius 1 is 0.974 bits per heavy atom. The highest BCUT2D eigenvalue weighted by Gasteiger charge is 2.42. The zero-order chi connectivity index (χ0) is 25.2. The molecule has 1 aliphatic heterocycles. The first-order valence-corrected chi connectivity index (χ1v) is 14.9. The Labute approximate surface area is 226 Å². The summed E-state index contributed by atoms with van der Waals surface area (Å²) in [7, 11) is 0. The molecule has 3 atom stereocenters. The Morgan fingerprint density at radius 3 is 2.63 bits per heavy atom. The number of nitrogens with one attached hydrogen (secondary N) is 1. The van der Waals surface area contributed by atoms with Crippen molar-refractivity contribution in [2.24, 2.45) is 11.8 Å². The summed E-state index contributed by atoms with van der Waals surface area (Å²) in [5.74, 6) is 3.48. The van der Waals surface area contributed by atoms with Crippen LogP contribution in [-0.2, 0) is 12.8 Å². The fourth-order valence-electron chi connectivity index (χ4n) is 7.46. The highest BCUT2D eigenvalue weighted by atomic mass is 32.1. The second-order valence-corrected chi connectivity index (χ2v) is 12.5. The molecule has 8 rings (SSSR count). The highest BCUT2D eigenvalue weighted by Crippen LogP contribution is 2.47. The normalized spacial score (nSPS) is 24.9. The van der Waals surface area contributed by atoms with Gasteiger partial charge in [-0.1, -0.05) is 6.42 Å². The van der Waals surface area contributed by atoms with Crippen molar-refractivity contribution in [2.75, 3.05) is 42.1 Å². The van der Waals surface area contributed by atoms with E-state index < -0.39 is 0 Å². The van der Waals surface area contributed by atoms with Crippen molar-refractivity contribution in [2.45, 2.75) is 51.0 Å². The van der Waals surface area contributed by atoms with Crippen molar-refractivity contribution in [3.8, 4) is 5.82 Å². The molecule has 1 saturated heterocycles. The molecule has 196 valence electrons. The largest absolute Gasteiger partial charge is 0.369 e. The maximum atomic E-state index is 6.31. The molecule has 4 aromatic rings. The lowest BCUT2D eigenvalue weighted by atomic mass is 9.93. The first-order chi connectivity index (χ1) is 18.7. The number of rotatable bonds is 5. The summed E-state index contributed by atoms with van der Waals surface area (Å²) in [5.41, 5.74) is 9.87. The molecule has 3 aromatic heterocycles. The smallest absolute Gasteiger partial charge is 0.248 e. The third kappa shape index (κ3) is 3.76. The van der Waals surface area contributed by atoms with Crippen LogP contribution in [0.3, 0.4) is 0 Å². The average Bonchev–Trinajstić information content (AvgIpc) is 3.76. The molecule has 10 heteroatoms. The van der Waals surface area contributed by atoms with Crippen molar-refractivity contribution in [1.82, 2.24) is 29.6 Å². The summed E-state index contributed by atoms with van der Waals surface area (Å²) in [6, 6.07) is 9.44. The molecule has 0 amide bonds. The van der Waals surface area contributed by atoms with Crippen LogP contribution in [0.1, 0.15) is 42.5 Å². The van der Waals surface area contributed by atoms with Crippen LogP contribution in [-0.4, -0.2) is 61.9 Å². The van der Waals surface area contributed by atoms with Gasteiger partial charge in [-0.25, -0.2) is 9.97 Å². The van der Waals surface area contributed by atoms with Gasteiger partial charge in [0.2, 0.25) is 11.9 Å². The van der Waals surface area contributed by atoms with Crippen molar-refractivity contribution >= 4 is 44.8 Å². The summed E-state index contributed by atoms with van der Waals surface area (Å²) in [6.45, 7) is 4.56. The van der Waals surface area contributed by atoms with Gasteiger partial charge in [-0.2, -0.15) is 9.67 Å². The minimum atomic E-state index is 0.315. The molecule has 0 spiro atoms. The molecule has 3 N–H and O–H groups in total. The van der Waals surface area contributed by atoms with Gasteiger partial charge in [-0.15, -0.1) is 16.4 Å². The van der Waals surface area contributed by atoms with Gasteiger partial charge in [0, 0.05) is 48.5 Å². The summed E-state index contributed by atoms with van der Waals surface area (Å²) < 4.78 is 1.64. The zero-order valence-electron chi connectivity index (χ0n) is 21.5. The number of benzene rings is 1. The molecule has 4 heterocycles. The number of thiophene rings is 1. The number of aryl methyl sites for hydroxylation is 2. The molecule has 3 unspecified atom stereocenters. The topological polar surface area (TPSA) is 101 Å². The van der Waals surface area contributed by atoms with E-state index in [-0.39, 0.29) is 0 Å². The van der Waals surface area contributed by atoms with E-state index in [0.717, 1.165) is 59.7 Å². The van der Waals surface area contributed by atoms with Gasteiger partial charge in [0.05, 0.1) is 5.39 Å². The number of nitrogens with zero attached hydrogens (tertiary/aromatic N) is 7. The molecular formula is C28H33N9S. The van der Waals surface area contributed by atoms with Crippen LogP contribution >= 0.6 is 11.3 Å². The van der Waals surface area contributed by atoms with E-state index in [1.54, 1.807) is 22.3 Å². The Balaban J connectivity index is 0.958. The number of hydrogen-bond acceptors (Lipinski definition) is 9. The van der Waals surface area contributed by atoms with E-state index in [2.05, 4.69) is 59.4 Å².